The topological polar surface area (TPSA) is 76.3 Å². The minimum absolute atomic E-state index is 0.140. The Balaban J connectivity index is 1.80. The first-order chi connectivity index (χ1) is 13.3. The molecular formula is C19H16FN3O3S2. The van der Waals surface area contributed by atoms with Crippen LogP contribution < -0.4 is 0 Å². The molecule has 0 spiro atoms. The van der Waals surface area contributed by atoms with Crippen LogP contribution in [0.15, 0.2) is 57.1 Å². The van der Waals surface area contributed by atoms with E-state index in [0.29, 0.717) is 9.24 Å². The lowest BCUT2D eigenvalue weighted by molar-refractivity contribution is -0.387. The predicted molar refractivity (Wildman–Crippen MR) is 106 cm³/mol. The zero-order chi connectivity index (χ0) is 20.3. The number of halogens is 1. The van der Waals surface area contributed by atoms with Crippen LogP contribution >= 0.6 is 23.1 Å². The summed E-state index contributed by atoms with van der Waals surface area (Å²) in [5.41, 5.74) is 1.69. The van der Waals surface area contributed by atoms with Gasteiger partial charge in [-0.2, -0.15) is 0 Å². The molecule has 0 aliphatic carbocycles. The van der Waals surface area contributed by atoms with Crippen LogP contribution in [0.25, 0.3) is 0 Å². The van der Waals surface area contributed by atoms with Gasteiger partial charge in [-0.3, -0.25) is 14.9 Å². The van der Waals surface area contributed by atoms with Crippen LogP contribution in [-0.4, -0.2) is 27.8 Å². The molecule has 1 amide bonds. The number of hydrogen-bond donors (Lipinski definition) is 0. The molecule has 0 saturated carbocycles. The number of aryl methyl sites for hydroxylation is 1. The lowest BCUT2D eigenvalue weighted by Gasteiger charge is -2.17. The van der Waals surface area contributed by atoms with Crippen molar-refractivity contribution in [3.63, 3.8) is 0 Å². The zero-order valence-electron chi connectivity index (χ0n) is 15.1. The van der Waals surface area contributed by atoms with Gasteiger partial charge in [0.15, 0.2) is 4.34 Å². The van der Waals surface area contributed by atoms with E-state index >= 15 is 0 Å². The Hall–Kier alpha value is -2.78. The fourth-order valence-corrected chi connectivity index (χ4v) is 4.39. The molecule has 1 aromatic heterocycles. The highest BCUT2D eigenvalue weighted by Crippen LogP contribution is 2.37. The summed E-state index contributed by atoms with van der Waals surface area (Å²) in [5.74, 6) is -0.703. The molecule has 0 atom stereocenters. The SMILES string of the molecule is Cc1csc(Sc2ccc(C(=O)N(C)Cc3ccc(F)cc3)cc2[N+](=O)[O-])n1. The molecule has 0 bridgehead atoms. The van der Waals surface area contributed by atoms with Crippen molar-refractivity contribution in [2.24, 2.45) is 0 Å². The Labute approximate surface area is 169 Å². The number of thiazole rings is 1. The molecule has 0 unspecified atom stereocenters. The second kappa shape index (κ2) is 8.49. The van der Waals surface area contributed by atoms with Gasteiger partial charge in [0.2, 0.25) is 0 Å². The number of carbonyl (C=O) groups is 1. The molecule has 144 valence electrons. The van der Waals surface area contributed by atoms with Crippen LogP contribution in [-0.2, 0) is 6.54 Å². The highest BCUT2D eigenvalue weighted by atomic mass is 32.2. The second-order valence-corrected chi connectivity index (χ2v) is 8.23. The van der Waals surface area contributed by atoms with Gasteiger partial charge in [0.1, 0.15) is 5.82 Å². The number of nitro groups is 1. The molecule has 28 heavy (non-hydrogen) atoms. The van der Waals surface area contributed by atoms with Gasteiger partial charge in [-0.05, 0) is 36.8 Å². The largest absolute Gasteiger partial charge is 0.337 e. The summed E-state index contributed by atoms with van der Waals surface area (Å²) < 4.78 is 13.7. The molecular weight excluding hydrogens is 401 g/mol. The average Bonchev–Trinajstić information content (AvgIpc) is 3.08. The lowest BCUT2D eigenvalue weighted by Crippen LogP contribution is -2.26. The molecule has 3 aromatic rings. The van der Waals surface area contributed by atoms with Gasteiger partial charge in [-0.15, -0.1) is 11.3 Å². The molecule has 9 heteroatoms. The summed E-state index contributed by atoms with van der Waals surface area (Å²) >= 11 is 2.61. The van der Waals surface area contributed by atoms with Gasteiger partial charge in [0.25, 0.3) is 11.6 Å². The van der Waals surface area contributed by atoms with Crippen LogP contribution in [0.5, 0.6) is 0 Å². The van der Waals surface area contributed by atoms with Crippen LogP contribution in [0.3, 0.4) is 0 Å². The molecule has 0 aliphatic rings. The highest BCUT2D eigenvalue weighted by Gasteiger charge is 2.21. The quantitative estimate of drug-likeness (QED) is 0.420. The summed E-state index contributed by atoms with van der Waals surface area (Å²) in [5, 5.41) is 13.4. The third-order valence-electron chi connectivity index (χ3n) is 3.88. The van der Waals surface area contributed by atoms with Crippen LogP contribution in [0.1, 0.15) is 21.6 Å². The van der Waals surface area contributed by atoms with Crippen LogP contribution in [0.2, 0.25) is 0 Å². The first kappa shape index (κ1) is 20.0. The standard InChI is InChI=1S/C19H16FN3O3S2/c1-12-11-27-19(21-12)28-17-8-5-14(9-16(17)23(25)26)18(24)22(2)10-13-3-6-15(20)7-4-13/h3-9,11H,10H2,1-2H3. The van der Waals surface area contributed by atoms with E-state index in [1.807, 2.05) is 12.3 Å². The minimum atomic E-state index is -0.500. The van der Waals surface area contributed by atoms with Gasteiger partial charge in [-0.25, -0.2) is 9.37 Å². The number of nitro benzene ring substituents is 1. The van der Waals surface area contributed by atoms with E-state index in [2.05, 4.69) is 4.98 Å². The summed E-state index contributed by atoms with van der Waals surface area (Å²) in [6.45, 7) is 2.12. The number of benzene rings is 2. The second-order valence-electron chi connectivity index (χ2n) is 6.08. The molecule has 3 rings (SSSR count). The maximum Gasteiger partial charge on any atom is 0.284 e. The van der Waals surface area contributed by atoms with Crippen molar-refractivity contribution in [1.29, 1.82) is 0 Å². The van der Waals surface area contributed by atoms with E-state index in [9.17, 15) is 19.3 Å². The molecule has 0 radical (unpaired) electrons. The Morgan fingerprint density at radius 1 is 1.29 bits per heavy atom. The summed E-state index contributed by atoms with van der Waals surface area (Å²) in [4.78, 5) is 29.8. The Morgan fingerprint density at radius 3 is 2.61 bits per heavy atom. The van der Waals surface area contributed by atoms with Crippen molar-refractivity contribution in [3.05, 3.63) is 80.6 Å². The number of carbonyl (C=O) groups excluding carboxylic acids is 1. The summed E-state index contributed by atoms with van der Waals surface area (Å²) in [6.07, 6.45) is 0. The smallest absolute Gasteiger partial charge is 0.284 e. The van der Waals surface area contributed by atoms with Gasteiger partial charge in [0, 0.05) is 36.3 Å². The van der Waals surface area contributed by atoms with E-state index in [4.69, 9.17) is 0 Å². The molecule has 0 aliphatic heterocycles. The molecule has 1 heterocycles. The van der Waals surface area contributed by atoms with Crippen LogP contribution in [0, 0.1) is 22.9 Å². The van der Waals surface area contributed by atoms with Gasteiger partial charge < -0.3 is 4.90 Å². The third kappa shape index (κ3) is 4.73. The number of nitrogens with zero attached hydrogens (tertiary/aromatic N) is 3. The van der Waals surface area contributed by atoms with Crippen molar-refractivity contribution < 1.29 is 14.1 Å². The lowest BCUT2D eigenvalue weighted by atomic mass is 10.1. The van der Waals surface area contributed by atoms with Gasteiger partial charge in [-0.1, -0.05) is 23.9 Å². The van der Waals surface area contributed by atoms with Crippen molar-refractivity contribution in [2.45, 2.75) is 22.7 Å². The number of hydrogen-bond acceptors (Lipinski definition) is 6. The van der Waals surface area contributed by atoms with Crippen molar-refractivity contribution in [2.75, 3.05) is 7.05 Å². The number of aromatic nitrogens is 1. The van der Waals surface area contributed by atoms with Crippen molar-refractivity contribution >= 4 is 34.7 Å². The monoisotopic (exact) mass is 417 g/mol. The summed E-state index contributed by atoms with van der Waals surface area (Å²) in [6, 6.07) is 10.3. The van der Waals surface area contributed by atoms with E-state index in [-0.39, 0.29) is 29.5 Å². The zero-order valence-corrected chi connectivity index (χ0v) is 16.7. The van der Waals surface area contributed by atoms with E-state index in [1.165, 1.54) is 46.2 Å². The Bertz CT molecular complexity index is 1020. The Kier molecular flexibility index (Phi) is 6.05. The molecule has 0 fully saturated rings. The van der Waals surface area contributed by atoms with Crippen molar-refractivity contribution in [3.8, 4) is 0 Å². The highest BCUT2D eigenvalue weighted by molar-refractivity contribution is 8.01. The molecule has 0 saturated heterocycles. The predicted octanol–water partition coefficient (Wildman–Crippen LogP) is 4.92. The van der Waals surface area contributed by atoms with Crippen LogP contribution in [0.4, 0.5) is 10.1 Å². The summed E-state index contributed by atoms with van der Waals surface area (Å²) in [7, 11) is 1.60. The molecule has 6 nitrogen and oxygen atoms in total. The molecule has 0 N–H and O–H groups in total. The number of amides is 1. The third-order valence-corrected chi connectivity index (χ3v) is 6.00. The van der Waals surface area contributed by atoms with Crippen molar-refractivity contribution in [1.82, 2.24) is 9.88 Å². The molecule has 2 aromatic carbocycles. The fraction of sp³-hybridized carbons (Fsp3) is 0.158. The normalized spacial score (nSPS) is 10.7. The van der Waals surface area contributed by atoms with E-state index in [0.717, 1.165) is 11.3 Å². The fourth-order valence-electron chi connectivity index (χ4n) is 2.51. The van der Waals surface area contributed by atoms with E-state index < -0.39 is 4.92 Å². The Morgan fingerprint density at radius 2 is 2.00 bits per heavy atom. The first-order valence-corrected chi connectivity index (χ1v) is 9.91. The first-order valence-electron chi connectivity index (χ1n) is 8.22. The number of rotatable bonds is 6. The van der Waals surface area contributed by atoms with Gasteiger partial charge in [0.05, 0.1) is 9.82 Å². The average molecular weight is 417 g/mol. The maximum atomic E-state index is 13.0. The maximum absolute atomic E-state index is 13.0. The minimum Gasteiger partial charge on any atom is -0.337 e. The van der Waals surface area contributed by atoms with E-state index in [1.54, 1.807) is 31.3 Å². The van der Waals surface area contributed by atoms with Gasteiger partial charge >= 0.3 is 0 Å².